The molecule has 1 N–H and O–H groups in total. The van der Waals surface area contributed by atoms with Crippen molar-refractivity contribution < 1.29 is 5.11 Å². The minimum Gasteiger partial charge on any atom is -0.388 e. The summed E-state index contributed by atoms with van der Waals surface area (Å²) in [4.78, 5) is 4.45. The zero-order chi connectivity index (χ0) is 13.2. The summed E-state index contributed by atoms with van der Waals surface area (Å²) in [7, 11) is 0. The van der Waals surface area contributed by atoms with Gasteiger partial charge in [0.2, 0.25) is 0 Å². The average molecular weight is 275 g/mol. The van der Waals surface area contributed by atoms with E-state index in [-0.39, 0.29) is 6.10 Å². The summed E-state index contributed by atoms with van der Waals surface area (Å²) in [5.41, 5.74) is 2.03. The lowest BCUT2D eigenvalue weighted by molar-refractivity contribution is 0.0677. The van der Waals surface area contributed by atoms with Crippen LogP contribution in [0.25, 0.3) is 10.2 Å². The van der Waals surface area contributed by atoms with Crippen LogP contribution >= 0.6 is 11.3 Å². The summed E-state index contributed by atoms with van der Waals surface area (Å²) in [5.74, 6) is 1.21. The third kappa shape index (κ3) is 2.67. The van der Waals surface area contributed by atoms with Crippen molar-refractivity contribution in [2.24, 2.45) is 11.8 Å². The predicted octanol–water partition coefficient (Wildman–Crippen LogP) is 4.55. The van der Waals surface area contributed by atoms with Crippen LogP contribution in [-0.2, 0) is 0 Å². The summed E-state index contributed by atoms with van der Waals surface area (Å²) in [6.45, 7) is 2.26. The van der Waals surface area contributed by atoms with E-state index in [0.717, 1.165) is 23.4 Å². The number of thiophene rings is 1. The summed E-state index contributed by atoms with van der Waals surface area (Å²) in [6, 6.07) is 4.15. The van der Waals surface area contributed by atoms with E-state index in [9.17, 15) is 5.11 Å². The predicted molar refractivity (Wildman–Crippen MR) is 80.3 cm³/mol. The van der Waals surface area contributed by atoms with E-state index in [2.05, 4.69) is 23.4 Å². The van der Waals surface area contributed by atoms with Gasteiger partial charge in [0.25, 0.3) is 0 Å². The Balaban J connectivity index is 1.80. The third-order valence-electron chi connectivity index (χ3n) is 4.51. The molecule has 3 atom stereocenters. The quantitative estimate of drug-likeness (QED) is 0.891. The van der Waals surface area contributed by atoms with Crippen molar-refractivity contribution in [3.8, 4) is 0 Å². The molecular formula is C16H21NOS. The van der Waals surface area contributed by atoms with Gasteiger partial charge in [0, 0.05) is 11.8 Å². The molecule has 19 heavy (non-hydrogen) atoms. The van der Waals surface area contributed by atoms with Gasteiger partial charge in [-0.05, 0) is 42.2 Å². The molecule has 3 heteroatoms. The first-order chi connectivity index (χ1) is 9.28. The minimum atomic E-state index is -0.339. The van der Waals surface area contributed by atoms with Crippen LogP contribution < -0.4 is 0 Å². The first-order valence-corrected chi connectivity index (χ1v) is 8.17. The highest BCUT2D eigenvalue weighted by Crippen LogP contribution is 2.38. The molecular weight excluding hydrogens is 254 g/mol. The molecule has 1 aliphatic carbocycles. The number of rotatable bonds is 3. The molecule has 0 spiro atoms. The average Bonchev–Trinajstić information content (AvgIpc) is 2.94. The van der Waals surface area contributed by atoms with Crippen LogP contribution in [0.5, 0.6) is 0 Å². The molecule has 2 aromatic heterocycles. The normalized spacial score (nSPS) is 25.6. The Morgan fingerprint density at radius 2 is 2.37 bits per heavy atom. The number of aromatic nitrogens is 1. The smallest absolute Gasteiger partial charge is 0.0833 e. The number of aliphatic hydroxyl groups excluding tert-OH is 1. The largest absolute Gasteiger partial charge is 0.388 e. The molecule has 0 aromatic carbocycles. The Morgan fingerprint density at radius 1 is 1.47 bits per heavy atom. The van der Waals surface area contributed by atoms with E-state index in [1.54, 1.807) is 11.3 Å². The van der Waals surface area contributed by atoms with Crippen LogP contribution in [0.4, 0.5) is 0 Å². The minimum absolute atomic E-state index is 0.339. The van der Waals surface area contributed by atoms with Crippen molar-refractivity contribution in [3.63, 3.8) is 0 Å². The summed E-state index contributed by atoms with van der Waals surface area (Å²) >= 11 is 1.70. The lowest BCUT2D eigenvalue weighted by Crippen LogP contribution is -2.21. The Labute approximate surface area is 118 Å². The van der Waals surface area contributed by atoms with Crippen molar-refractivity contribution in [2.45, 2.75) is 45.1 Å². The van der Waals surface area contributed by atoms with E-state index in [1.807, 2.05) is 12.3 Å². The molecule has 1 fully saturated rings. The highest BCUT2D eigenvalue weighted by atomic mass is 32.1. The monoisotopic (exact) mass is 275 g/mol. The van der Waals surface area contributed by atoms with Gasteiger partial charge in [0.05, 0.1) is 16.3 Å². The first kappa shape index (κ1) is 13.1. The molecule has 0 amide bonds. The Morgan fingerprint density at radius 3 is 3.21 bits per heavy atom. The van der Waals surface area contributed by atoms with Gasteiger partial charge in [-0.15, -0.1) is 11.3 Å². The second-order valence-corrected chi connectivity index (χ2v) is 6.67. The lowest BCUT2D eigenvalue weighted by atomic mass is 9.76. The second kappa shape index (κ2) is 5.59. The molecule has 1 aliphatic rings. The van der Waals surface area contributed by atoms with Gasteiger partial charge >= 0.3 is 0 Å². The number of pyridine rings is 1. The highest BCUT2D eigenvalue weighted by Gasteiger charge is 2.27. The lowest BCUT2D eigenvalue weighted by Gasteiger charge is -2.31. The van der Waals surface area contributed by atoms with Crippen molar-refractivity contribution in [3.05, 3.63) is 29.3 Å². The topological polar surface area (TPSA) is 33.1 Å². The molecule has 2 nitrogen and oxygen atoms in total. The van der Waals surface area contributed by atoms with Crippen LogP contribution in [0.15, 0.2) is 23.7 Å². The maximum Gasteiger partial charge on any atom is 0.0833 e. The van der Waals surface area contributed by atoms with E-state index in [1.165, 1.54) is 30.4 Å². The van der Waals surface area contributed by atoms with E-state index >= 15 is 0 Å². The number of hydrogen-bond acceptors (Lipinski definition) is 3. The molecule has 2 aromatic rings. The molecule has 1 saturated carbocycles. The zero-order valence-corrected chi connectivity index (χ0v) is 12.2. The van der Waals surface area contributed by atoms with E-state index in [0.29, 0.717) is 5.92 Å². The van der Waals surface area contributed by atoms with Crippen molar-refractivity contribution in [1.82, 2.24) is 4.98 Å². The summed E-state index contributed by atoms with van der Waals surface area (Å²) < 4.78 is 1.18. The first-order valence-electron chi connectivity index (χ1n) is 7.29. The molecule has 0 aliphatic heterocycles. The fourth-order valence-corrected chi connectivity index (χ4v) is 4.07. The van der Waals surface area contributed by atoms with Crippen LogP contribution in [-0.4, -0.2) is 10.1 Å². The van der Waals surface area contributed by atoms with Crippen molar-refractivity contribution in [2.75, 3.05) is 0 Å². The molecule has 3 rings (SSSR count). The van der Waals surface area contributed by atoms with Crippen LogP contribution in [0.1, 0.15) is 50.7 Å². The molecule has 0 radical (unpaired) electrons. The van der Waals surface area contributed by atoms with E-state index in [4.69, 9.17) is 0 Å². The van der Waals surface area contributed by atoms with Gasteiger partial charge in [0.15, 0.2) is 0 Å². The van der Waals surface area contributed by atoms with Crippen molar-refractivity contribution in [1.29, 1.82) is 0 Å². The molecule has 2 heterocycles. The Bertz CT molecular complexity index is 550. The Hall–Kier alpha value is -0.930. The van der Waals surface area contributed by atoms with Gasteiger partial charge in [0.1, 0.15) is 0 Å². The SMILES string of the molecule is CCC1CCCC(C(O)c2cnc3ccsc3c2)C1. The maximum atomic E-state index is 10.6. The van der Waals surface area contributed by atoms with Gasteiger partial charge in [-0.2, -0.15) is 0 Å². The summed E-state index contributed by atoms with van der Waals surface area (Å²) in [6.07, 6.45) is 7.67. The number of aliphatic hydroxyl groups is 1. The van der Waals surface area contributed by atoms with Crippen molar-refractivity contribution >= 4 is 21.6 Å². The van der Waals surface area contributed by atoms with E-state index < -0.39 is 0 Å². The number of fused-ring (bicyclic) bond motifs is 1. The van der Waals surface area contributed by atoms with Gasteiger partial charge in [-0.3, -0.25) is 4.98 Å². The molecule has 0 saturated heterocycles. The zero-order valence-electron chi connectivity index (χ0n) is 11.4. The van der Waals surface area contributed by atoms with Crippen LogP contribution in [0, 0.1) is 11.8 Å². The highest BCUT2D eigenvalue weighted by molar-refractivity contribution is 7.17. The maximum absolute atomic E-state index is 10.6. The van der Waals surface area contributed by atoms with Gasteiger partial charge in [-0.25, -0.2) is 0 Å². The summed E-state index contributed by atoms with van der Waals surface area (Å²) in [5, 5.41) is 12.7. The number of nitrogens with zero attached hydrogens (tertiary/aromatic N) is 1. The molecule has 102 valence electrons. The van der Waals surface area contributed by atoms with Gasteiger partial charge in [-0.1, -0.05) is 26.2 Å². The van der Waals surface area contributed by atoms with Crippen LogP contribution in [0.3, 0.4) is 0 Å². The third-order valence-corrected chi connectivity index (χ3v) is 5.37. The second-order valence-electron chi connectivity index (χ2n) is 5.72. The van der Waals surface area contributed by atoms with Gasteiger partial charge < -0.3 is 5.11 Å². The molecule has 0 bridgehead atoms. The Kier molecular flexibility index (Phi) is 3.85. The standard InChI is InChI=1S/C16H21NOS/c1-2-11-4-3-5-12(8-11)16(18)13-9-15-14(17-10-13)6-7-19-15/h6-7,9-12,16,18H,2-5,8H2,1H3. The fourth-order valence-electron chi connectivity index (χ4n) is 3.29. The van der Waals surface area contributed by atoms with Crippen LogP contribution in [0.2, 0.25) is 0 Å². The fraction of sp³-hybridized carbons (Fsp3) is 0.562. The molecule has 3 unspecified atom stereocenters. The number of hydrogen-bond donors (Lipinski definition) is 1.